The van der Waals surface area contributed by atoms with Crippen molar-refractivity contribution < 1.29 is 14.3 Å². The Hall–Kier alpha value is -2.92. The predicted molar refractivity (Wildman–Crippen MR) is 108 cm³/mol. The van der Waals surface area contributed by atoms with Crippen molar-refractivity contribution in [3.05, 3.63) is 39.7 Å². The van der Waals surface area contributed by atoms with Crippen molar-refractivity contribution in [1.82, 2.24) is 9.97 Å². The molecule has 2 aromatic rings. The number of carbonyl (C=O) groups excluding carboxylic acids is 1. The molecule has 0 aliphatic carbocycles. The second kappa shape index (κ2) is 8.85. The third kappa shape index (κ3) is 4.15. The average molecular weight is 399 g/mol. The highest BCUT2D eigenvalue weighted by Gasteiger charge is 2.31. The molecule has 0 radical (unpaired) electrons. The lowest BCUT2D eigenvalue weighted by molar-refractivity contribution is -0.116. The van der Waals surface area contributed by atoms with E-state index < -0.39 is 5.92 Å². The van der Waals surface area contributed by atoms with Crippen molar-refractivity contribution in [1.29, 1.82) is 0 Å². The quantitative estimate of drug-likeness (QED) is 0.422. The number of fused-ring (bicyclic) bond motifs is 1. The molecule has 1 aliphatic heterocycles. The maximum absolute atomic E-state index is 12.7. The fourth-order valence-electron chi connectivity index (χ4n) is 3.05. The van der Waals surface area contributed by atoms with Crippen molar-refractivity contribution in [3.63, 3.8) is 0 Å². The van der Waals surface area contributed by atoms with Crippen LogP contribution in [0.5, 0.6) is 11.5 Å². The summed E-state index contributed by atoms with van der Waals surface area (Å²) in [4.78, 5) is 32.1. The number of nitrogens with zero attached hydrogens (tertiary/aromatic N) is 1. The number of benzene rings is 1. The number of H-pyrrole nitrogens is 1. The summed E-state index contributed by atoms with van der Waals surface area (Å²) < 4.78 is 11.1. The van der Waals surface area contributed by atoms with Crippen LogP contribution in [0.15, 0.2) is 28.2 Å². The molecule has 28 heavy (non-hydrogen) atoms. The Labute approximate surface area is 167 Å². The lowest BCUT2D eigenvalue weighted by Crippen LogP contribution is -2.31. The molecular weight excluding hydrogens is 378 g/mol. The summed E-state index contributed by atoms with van der Waals surface area (Å²) in [6.45, 7) is 2.60. The van der Waals surface area contributed by atoms with Crippen LogP contribution in [0.3, 0.4) is 0 Å². The number of thioether (sulfide) groups is 1. The molecule has 1 atom stereocenters. The number of rotatable bonds is 7. The minimum Gasteiger partial charge on any atom is -0.493 e. The zero-order valence-electron chi connectivity index (χ0n) is 15.7. The van der Waals surface area contributed by atoms with E-state index in [2.05, 4.69) is 21.2 Å². The van der Waals surface area contributed by atoms with Gasteiger partial charge < -0.3 is 19.8 Å². The van der Waals surface area contributed by atoms with E-state index in [1.807, 2.05) is 13.0 Å². The molecule has 0 fully saturated rings. The number of terminal acetylenes is 1. The van der Waals surface area contributed by atoms with Gasteiger partial charge in [-0.3, -0.25) is 9.59 Å². The molecule has 0 saturated heterocycles. The number of hydrogen-bond acceptors (Lipinski definition) is 6. The molecule has 0 saturated carbocycles. The molecule has 0 spiro atoms. The van der Waals surface area contributed by atoms with Gasteiger partial charge in [0.15, 0.2) is 16.7 Å². The van der Waals surface area contributed by atoms with Crippen molar-refractivity contribution in [2.45, 2.75) is 30.8 Å². The zero-order valence-corrected chi connectivity index (χ0v) is 16.5. The highest BCUT2D eigenvalue weighted by atomic mass is 32.2. The fraction of sp³-hybridized carbons (Fsp3) is 0.350. The van der Waals surface area contributed by atoms with Crippen molar-refractivity contribution in [3.8, 4) is 23.8 Å². The number of amides is 1. The van der Waals surface area contributed by atoms with Crippen molar-refractivity contribution in [2.24, 2.45) is 0 Å². The number of methoxy groups -OCH3 is 1. The van der Waals surface area contributed by atoms with Crippen LogP contribution in [-0.4, -0.2) is 35.3 Å². The first-order valence-corrected chi connectivity index (χ1v) is 9.87. The second-order valence-corrected chi connectivity index (χ2v) is 7.15. The van der Waals surface area contributed by atoms with Crippen molar-refractivity contribution >= 4 is 23.5 Å². The molecule has 7 nitrogen and oxygen atoms in total. The van der Waals surface area contributed by atoms with Gasteiger partial charge in [-0.1, -0.05) is 30.7 Å². The number of nitrogens with one attached hydrogen (secondary N) is 2. The Balaban J connectivity index is 2.01. The van der Waals surface area contributed by atoms with E-state index in [4.69, 9.17) is 15.9 Å². The zero-order chi connectivity index (χ0) is 20.1. The smallest absolute Gasteiger partial charge is 0.257 e. The predicted octanol–water partition coefficient (Wildman–Crippen LogP) is 2.77. The van der Waals surface area contributed by atoms with E-state index in [0.29, 0.717) is 34.6 Å². The molecule has 0 unspecified atom stereocenters. The van der Waals surface area contributed by atoms with Crippen LogP contribution >= 0.6 is 11.8 Å². The molecule has 3 rings (SSSR count). The fourth-order valence-corrected chi connectivity index (χ4v) is 3.59. The third-order valence-electron chi connectivity index (χ3n) is 4.27. The second-order valence-electron chi connectivity index (χ2n) is 6.19. The van der Waals surface area contributed by atoms with Crippen LogP contribution < -0.4 is 20.3 Å². The molecule has 1 aromatic carbocycles. The van der Waals surface area contributed by atoms with Gasteiger partial charge in [-0.25, -0.2) is 4.98 Å². The Bertz CT molecular complexity index is 980. The van der Waals surface area contributed by atoms with Gasteiger partial charge in [0.2, 0.25) is 5.91 Å². The molecule has 1 amide bonds. The van der Waals surface area contributed by atoms with E-state index in [0.717, 1.165) is 12.0 Å². The Morgan fingerprint density at radius 3 is 2.89 bits per heavy atom. The standard InChI is InChI=1S/C20H21N3O4S/c1-4-8-27-14-7-6-12(10-15(14)26-3)13-11-16(24)21-18-17(13)19(25)23-20(22-18)28-9-5-2/h2,6-7,10,13H,4,8-9,11H2,1,3H3,(H2,21,22,23,24,25)/t13-/m0/s1. The number of ether oxygens (including phenoxy) is 2. The number of hydrogen-bond donors (Lipinski definition) is 2. The maximum Gasteiger partial charge on any atom is 0.257 e. The van der Waals surface area contributed by atoms with Crippen molar-refractivity contribution in [2.75, 3.05) is 24.8 Å². The summed E-state index contributed by atoms with van der Waals surface area (Å²) in [6, 6.07) is 5.45. The topological polar surface area (TPSA) is 93.3 Å². The number of aromatic amines is 1. The van der Waals surface area contributed by atoms with Crippen LogP contribution in [-0.2, 0) is 4.79 Å². The van der Waals surface area contributed by atoms with Crippen LogP contribution in [0.25, 0.3) is 0 Å². The van der Waals surface area contributed by atoms with Gasteiger partial charge in [0.05, 0.1) is 25.0 Å². The first-order valence-electron chi connectivity index (χ1n) is 8.88. The van der Waals surface area contributed by atoms with E-state index in [1.165, 1.54) is 11.8 Å². The van der Waals surface area contributed by atoms with E-state index in [1.54, 1.807) is 19.2 Å². The van der Waals surface area contributed by atoms with Crippen LogP contribution in [0.2, 0.25) is 0 Å². The van der Waals surface area contributed by atoms with Gasteiger partial charge in [0, 0.05) is 12.3 Å². The molecular formula is C20H21N3O4S. The first kappa shape index (κ1) is 19.8. The van der Waals surface area contributed by atoms with Gasteiger partial charge in [0.1, 0.15) is 5.82 Å². The minimum absolute atomic E-state index is 0.146. The molecule has 0 bridgehead atoms. The Kier molecular flexibility index (Phi) is 6.26. The molecule has 1 aromatic heterocycles. The summed E-state index contributed by atoms with van der Waals surface area (Å²) in [5.41, 5.74) is 0.918. The van der Waals surface area contributed by atoms with Crippen LogP contribution in [0.1, 0.15) is 36.8 Å². The highest BCUT2D eigenvalue weighted by molar-refractivity contribution is 7.99. The maximum atomic E-state index is 12.7. The summed E-state index contributed by atoms with van der Waals surface area (Å²) >= 11 is 1.23. The Morgan fingerprint density at radius 1 is 1.36 bits per heavy atom. The highest BCUT2D eigenvalue weighted by Crippen LogP contribution is 2.38. The number of anilines is 1. The van der Waals surface area contributed by atoms with Gasteiger partial charge in [0.25, 0.3) is 5.56 Å². The Morgan fingerprint density at radius 2 is 2.18 bits per heavy atom. The molecule has 1 aliphatic rings. The average Bonchev–Trinajstić information content (AvgIpc) is 2.69. The summed E-state index contributed by atoms with van der Waals surface area (Å²) in [5, 5.41) is 3.07. The van der Waals surface area contributed by atoms with Crippen LogP contribution in [0, 0.1) is 12.3 Å². The van der Waals surface area contributed by atoms with Gasteiger partial charge in [-0.15, -0.1) is 6.42 Å². The minimum atomic E-state index is -0.430. The van der Waals surface area contributed by atoms with E-state index in [-0.39, 0.29) is 23.7 Å². The summed E-state index contributed by atoms with van der Waals surface area (Å²) in [5.74, 6) is 3.68. The normalized spacial score (nSPS) is 15.3. The van der Waals surface area contributed by atoms with E-state index in [9.17, 15) is 9.59 Å². The molecule has 146 valence electrons. The number of carbonyl (C=O) groups is 1. The van der Waals surface area contributed by atoms with E-state index >= 15 is 0 Å². The third-order valence-corrected chi connectivity index (χ3v) is 5.05. The first-order chi connectivity index (χ1) is 13.6. The SMILES string of the molecule is C#CCSc1nc2c(c(=O)[nH]1)[C@H](c1ccc(OCCC)c(OC)c1)CC(=O)N2. The lowest BCUT2D eigenvalue weighted by atomic mass is 9.86. The van der Waals surface area contributed by atoms with Gasteiger partial charge in [-0.2, -0.15) is 0 Å². The van der Waals surface area contributed by atoms with Gasteiger partial charge in [-0.05, 0) is 24.1 Å². The largest absolute Gasteiger partial charge is 0.493 e. The monoisotopic (exact) mass is 399 g/mol. The summed E-state index contributed by atoms with van der Waals surface area (Å²) in [7, 11) is 1.56. The van der Waals surface area contributed by atoms with Gasteiger partial charge >= 0.3 is 0 Å². The summed E-state index contributed by atoms with van der Waals surface area (Å²) in [6.07, 6.45) is 6.28. The molecule has 2 N–H and O–H groups in total. The molecule has 8 heteroatoms. The lowest BCUT2D eigenvalue weighted by Gasteiger charge is -2.25. The van der Waals surface area contributed by atoms with Crippen LogP contribution in [0.4, 0.5) is 5.82 Å². The molecule has 2 heterocycles. The number of aromatic nitrogens is 2.